The molecule has 13 heavy (non-hydrogen) atoms. The van der Waals surface area contributed by atoms with Crippen LogP contribution in [0.4, 0.5) is 13.2 Å². The van der Waals surface area contributed by atoms with Crippen LogP contribution in [0, 0.1) is 0 Å². The number of alkyl halides is 3. The van der Waals surface area contributed by atoms with Crippen LogP contribution in [-0.4, -0.2) is 12.2 Å². The van der Waals surface area contributed by atoms with E-state index in [1.807, 2.05) is 0 Å². The highest BCUT2D eigenvalue weighted by atomic mass is 79.9. The Labute approximate surface area is 81.0 Å². The fourth-order valence-corrected chi connectivity index (χ4v) is 1.13. The van der Waals surface area contributed by atoms with Crippen LogP contribution >= 0.6 is 15.9 Å². The Hall–Kier alpha value is -0.490. The number of hydrogen-bond donors (Lipinski definition) is 1. The van der Waals surface area contributed by atoms with E-state index in [1.54, 1.807) is 0 Å². The van der Waals surface area contributed by atoms with Gasteiger partial charge >= 0.3 is 6.18 Å². The van der Waals surface area contributed by atoms with Gasteiger partial charge in [-0.15, -0.1) is 0 Å². The Kier molecular flexibility index (Phi) is 3.02. The minimum Gasteiger partial charge on any atom is -0.454 e. The number of furan rings is 1. The maximum atomic E-state index is 12.0. The van der Waals surface area contributed by atoms with Gasteiger partial charge in [0.15, 0.2) is 4.67 Å². The first-order chi connectivity index (χ1) is 5.89. The molecule has 0 aliphatic heterocycles. The highest BCUT2D eigenvalue weighted by Gasteiger charge is 2.37. The Balaban J connectivity index is 2.60. The van der Waals surface area contributed by atoms with Crippen LogP contribution in [-0.2, 0) is 6.42 Å². The quantitative estimate of drug-likeness (QED) is 0.884. The second-order valence-electron chi connectivity index (χ2n) is 2.56. The molecule has 1 unspecified atom stereocenters. The molecule has 1 rings (SSSR count). The molecule has 1 atom stereocenters. The summed E-state index contributed by atoms with van der Waals surface area (Å²) in [5.74, 6) is 0.219. The molecule has 0 aliphatic carbocycles. The third kappa shape index (κ3) is 3.04. The van der Waals surface area contributed by atoms with Crippen molar-refractivity contribution in [2.45, 2.75) is 18.6 Å². The van der Waals surface area contributed by atoms with Crippen LogP contribution < -0.4 is 5.73 Å². The van der Waals surface area contributed by atoms with Gasteiger partial charge < -0.3 is 10.2 Å². The zero-order valence-electron chi connectivity index (χ0n) is 6.44. The van der Waals surface area contributed by atoms with E-state index in [0.717, 1.165) is 0 Å². The standard InChI is InChI=1S/C7H7BrF3NO/c8-6-2-1-4(13-6)3-5(12)7(9,10)11/h1-2,5H,3,12H2. The van der Waals surface area contributed by atoms with Gasteiger partial charge in [0.2, 0.25) is 0 Å². The number of halogens is 4. The van der Waals surface area contributed by atoms with Crippen LogP contribution in [0.1, 0.15) is 5.76 Å². The highest BCUT2D eigenvalue weighted by molar-refractivity contribution is 9.10. The molecule has 74 valence electrons. The van der Waals surface area contributed by atoms with Crippen LogP contribution in [0.25, 0.3) is 0 Å². The van der Waals surface area contributed by atoms with E-state index in [-0.39, 0.29) is 12.2 Å². The van der Waals surface area contributed by atoms with Crippen LogP contribution in [0.3, 0.4) is 0 Å². The van der Waals surface area contributed by atoms with Gasteiger partial charge in [0.1, 0.15) is 11.8 Å². The normalized spacial score (nSPS) is 14.5. The van der Waals surface area contributed by atoms with Gasteiger partial charge in [0.05, 0.1) is 0 Å². The number of hydrogen-bond acceptors (Lipinski definition) is 2. The molecule has 0 spiro atoms. The summed E-state index contributed by atoms with van der Waals surface area (Å²) in [5.41, 5.74) is 4.89. The fourth-order valence-electron chi connectivity index (χ4n) is 0.794. The van der Waals surface area contributed by atoms with Crippen LogP contribution in [0.5, 0.6) is 0 Å². The first kappa shape index (κ1) is 10.6. The Morgan fingerprint density at radius 3 is 2.46 bits per heavy atom. The second-order valence-corrected chi connectivity index (χ2v) is 3.34. The van der Waals surface area contributed by atoms with Crippen molar-refractivity contribution < 1.29 is 17.6 Å². The summed E-state index contributed by atoms with van der Waals surface area (Å²) in [6.45, 7) is 0. The second kappa shape index (κ2) is 3.71. The van der Waals surface area contributed by atoms with Crippen molar-refractivity contribution in [1.82, 2.24) is 0 Å². The fraction of sp³-hybridized carbons (Fsp3) is 0.429. The van der Waals surface area contributed by atoms with E-state index in [4.69, 9.17) is 10.2 Å². The van der Waals surface area contributed by atoms with Crippen molar-refractivity contribution in [2.24, 2.45) is 5.73 Å². The SMILES string of the molecule is NC(Cc1ccc(Br)o1)C(F)(F)F. The smallest absolute Gasteiger partial charge is 0.404 e. The molecule has 0 bridgehead atoms. The molecule has 2 nitrogen and oxygen atoms in total. The van der Waals surface area contributed by atoms with Gasteiger partial charge in [0.25, 0.3) is 0 Å². The lowest BCUT2D eigenvalue weighted by Crippen LogP contribution is -2.38. The summed E-state index contributed by atoms with van der Waals surface area (Å²) in [6, 6.07) is 1.11. The van der Waals surface area contributed by atoms with E-state index < -0.39 is 12.2 Å². The molecule has 1 aromatic rings. The molecule has 1 aromatic heterocycles. The predicted molar refractivity (Wildman–Crippen MR) is 44.1 cm³/mol. The van der Waals surface area contributed by atoms with Crippen molar-refractivity contribution in [3.8, 4) is 0 Å². The van der Waals surface area contributed by atoms with Crippen LogP contribution in [0.2, 0.25) is 0 Å². The van der Waals surface area contributed by atoms with Crippen molar-refractivity contribution in [3.63, 3.8) is 0 Å². The third-order valence-corrected chi connectivity index (χ3v) is 1.90. The molecule has 2 N–H and O–H groups in total. The van der Waals surface area contributed by atoms with Gasteiger partial charge in [-0.05, 0) is 28.1 Å². The van der Waals surface area contributed by atoms with Crippen molar-refractivity contribution in [2.75, 3.05) is 0 Å². The molecule has 0 aliphatic rings. The first-order valence-electron chi connectivity index (χ1n) is 3.46. The lowest BCUT2D eigenvalue weighted by atomic mass is 10.2. The van der Waals surface area contributed by atoms with Gasteiger partial charge in [-0.3, -0.25) is 0 Å². The maximum Gasteiger partial charge on any atom is 0.404 e. The van der Waals surface area contributed by atoms with Crippen molar-refractivity contribution in [1.29, 1.82) is 0 Å². The summed E-state index contributed by atoms with van der Waals surface area (Å²) >= 11 is 2.98. The average molecular weight is 258 g/mol. The highest BCUT2D eigenvalue weighted by Crippen LogP contribution is 2.23. The molecule has 0 radical (unpaired) electrons. The summed E-state index contributed by atoms with van der Waals surface area (Å²) in [4.78, 5) is 0. The van der Waals surface area contributed by atoms with Crippen molar-refractivity contribution in [3.05, 3.63) is 22.6 Å². The maximum absolute atomic E-state index is 12.0. The first-order valence-corrected chi connectivity index (χ1v) is 4.25. The summed E-state index contributed by atoms with van der Waals surface area (Å²) in [7, 11) is 0. The third-order valence-electron chi connectivity index (χ3n) is 1.47. The van der Waals surface area contributed by atoms with Crippen molar-refractivity contribution >= 4 is 15.9 Å². The van der Waals surface area contributed by atoms with Gasteiger partial charge in [-0.2, -0.15) is 13.2 Å². The monoisotopic (exact) mass is 257 g/mol. The minimum atomic E-state index is -4.38. The van der Waals surface area contributed by atoms with E-state index in [9.17, 15) is 13.2 Å². The molecule has 1 heterocycles. The molecule has 0 aromatic carbocycles. The molecule has 0 saturated carbocycles. The summed E-state index contributed by atoms with van der Waals surface area (Å²) in [6.07, 6.45) is -4.71. The molecule has 0 amide bonds. The lowest BCUT2D eigenvalue weighted by molar-refractivity contribution is -0.147. The van der Waals surface area contributed by atoms with E-state index in [0.29, 0.717) is 4.67 Å². The number of nitrogens with two attached hydrogens (primary N) is 1. The van der Waals surface area contributed by atoms with Gasteiger partial charge in [-0.1, -0.05) is 0 Å². The molecular formula is C7H7BrF3NO. The lowest BCUT2D eigenvalue weighted by Gasteiger charge is -2.13. The van der Waals surface area contributed by atoms with Gasteiger partial charge in [0, 0.05) is 6.42 Å². The van der Waals surface area contributed by atoms with Gasteiger partial charge in [-0.25, -0.2) is 0 Å². The molecule has 0 fully saturated rings. The average Bonchev–Trinajstić information content (AvgIpc) is 2.33. The van der Waals surface area contributed by atoms with Crippen LogP contribution in [0.15, 0.2) is 21.2 Å². The molecule has 6 heteroatoms. The van der Waals surface area contributed by atoms with E-state index >= 15 is 0 Å². The molecular weight excluding hydrogens is 251 g/mol. The summed E-state index contributed by atoms with van der Waals surface area (Å²) < 4.78 is 41.2. The zero-order valence-corrected chi connectivity index (χ0v) is 8.02. The largest absolute Gasteiger partial charge is 0.454 e. The Morgan fingerprint density at radius 1 is 1.46 bits per heavy atom. The molecule has 0 saturated heterocycles. The minimum absolute atomic E-state index is 0.219. The number of rotatable bonds is 2. The van der Waals surface area contributed by atoms with E-state index in [1.165, 1.54) is 12.1 Å². The zero-order chi connectivity index (χ0) is 10.1. The van der Waals surface area contributed by atoms with E-state index in [2.05, 4.69) is 15.9 Å². The predicted octanol–water partition coefficient (Wildman–Crippen LogP) is 2.47. The topological polar surface area (TPSA) is 39.2 Å². The Morgan fingerprint density at radius 2 is 2.08 bits per heavy atom. The Bertz CT molecular complexity index is 284. The summed E-state index contributed by atoms with van der Waals surface area (Å²) in [5, 5.41) is 0.